The van der Waals surface area contributed by atoms with Crippen LogP contribution in [0.1, 0.15) is 5.48 Å². The molecule has 0 aliphatic heterocycles. The van der Waals surface area contributed by atoms with Gasteiger partial charge in [0.15, 0.2) is 0 Å². The highest BCUT2D eigenvalue weighted by Crippen LogP contribution is 2.47. The Morgan fingerprint density at radius 2 is 0.737 bits per heavy atom. The molecule has 0 amide bonds. The molecule has 10 aromatic rings. The summed E-state index contributed by atoms with van der Waals surface area (Å²) < 4.78 is 39.0. The molecule has 1 heteroatoms. The number of fused-ring (bicyclic) bond motifs is 3. The van der Waals surface area contributed by atoms with Crippen molar-refractivity contribution in [3.05, 3.63) is 236 Å². The SMILES string of the molecule is [2H]c1c([2H])c(N(c2ccccc2-c2ccccc2)c2ccccc2-c2ccccc2-c2ccccc2-c2ccccc2)c([2H])c([2H])c1-c1ccc2c(ccc3ccccc32)c1. The van der Waals surface area contributed by atoms with Crippen molar-refractivity contribution in [2.45, 2.75) is 0 Å². The highest BCUT2D eigenvalue weighted by Gasteiger charge is 2.22. The molecule has 0 atom stereocenters. The Labute approximate surface area is 340 Å². The van der Waals surface area contributed by atoms with Gasteiger partial charge in [0, 0.05) is 16.8 Å². The molecule has 0 radical (unpaired) electrons. The molecule has 0 aromatic heterocycles. The van der Waals surface area contributed by atoms with Crippen LogP contribution < -0.4 is 4.90 Å². The lowest BCUT2D eigenvalue weighted by Crippen LogP contribution is -2.12. The van der Waals surface area contributed by atoms with Gasteiger partial charge in [-0.2, -0.15) is 0 Å². The smallest absolute Gasteiger partial charge is 0.0645 e. The summed E-state index contributed by atoms with van der Waals surface area (Å²) in [6.45, 7) is 0. The van der Waals surface area contributed by atoms with Gasteiger partial charge in [0.2, 0.25) is 0 Å². The number of benzene rings is 10. The monoisotopic (exact) mass is 729 g/mol. The normalized spacial score (nSPS) is 12.1. The summed E-state index contributed by atoms with van der Waals surface area (Å²) in [4.78, 5) is 1.94. The van der Waals surface area contributed by atoms with Crippen LogP contribution in [0.15, 0.2) is 236 Å². The van der Waals surface area contributed by atoms with Gasteiger partial charge in [0.25, 0.3) is 0 Å². The number of hydrogen-bond acceptors (Lipinski definition) is 1. The van der Waals surface area contributed by atoms with Gasteiger partial charge >= 0.3 is 0 Å². The quantitative estimate of drug-likeness (QED) is 0.141. The van der Waals surface area contributed by atoms with Crippen molar-refractivity contribution in [2.24, 2.45) is 0 Å². The highest BCUT2D eigenvalue weighted by molar-refractivity contribution is 6.08. The van der Waals surface area contributed by atoms with E-state index in [1.165, 1.54) is 0 Å². The summed E-state index contributed by atoms with van der Waals surface area (Å²) in [5.41, 5.74) is 10.6. The minimum absolute atomic E-state index is 0.104. The second-order valence-electron chi connectivity index (χ2n) is 14.1. The van der Waals surface area contributed by atoms with E-state index < -0.39 is 0 Å². The van der Waals surface area contributed by atoms with Crippen LogP contribution in [0, 0.1) is 0 Å². The van der Waals surface area contributed by atoms with Gasteiger partial charge in [-0.15, -0.1) is 0 Å². The van der Waals surface area contributed by atoms with Crippen LogP contribution in [0.25, 0.3) is 77.2 Å². The maximum absolute atomic E-state index is 9.84. The van der Waals surface area contributed by atoms with Crippen molar-refractivity contribution >= 4 is 38.6 Å². The third kappa shape index (κ3) is 6.46. The summed E-state index contributed by atoms with van der Waals surface area (Å²) in [5.74, 6) is 0. The van der Waals surface area contributed by atoms with Crippen LogP contribution in [0.3, 0.4) is 0 Å². The molecule has 0 spiro atoms. The Kier molecular flexibility index (Phi) is 7.84. The van der Waals surface area contributed by atoms with Crippen molar-refractivity contribution in [3.63, 3.8) is 0 Å². The molecule has 10 aromatic carbocycles. The van der Waals surface area contributed by atoms with Crippen LogP contribution in [0.5, 0.6) is 0 Å². The molecule has 0 fully saturated rings. The van der Waals surface area contributed by atoms with E-state index >= 15 is 0 Å². The van der Waals surface area contributed by atoms with Crippen LogP contribution in [-0.4, -0.2) is 0 Å². The largest absolute Gasteiger partial charge is 0.309 e. The van der Waals surface area contributed by atoms with Gasteiger partial charge in [0.1, 0.15) is 0 Å². The highest BCUT2D eigenvalue weighted by atomic mass is 15.1. The first-order valence-electron chi connectivity index (χ1n) is 21.3. The molecular weight excluding hydrogens is 687 g/mol. The summed E-state index contributed by atoms with van der Waals surface area (Å²) in [6.07, 6.45) is 0. The molecule has 0 N–H and O–H groups in total. The Bertz CT molecular complexity index is 3220. The number of nitrogens with zero attached hydrogens (tertiary/aromatic N) is 1. The Hall–Kier alpha value is -7.48. The predicted molar refractivity (Wildman–Crippen MR) is 243 cm³/mol. The number of hydrogen-bond donors (Lipinski definition) is 0. The molecule has 0 unspecified atom stereocenters. The molecule has 0 aliphatic carbocycles. The van der Waals surface area contributed by atoms with Crippen LogP contribution >= 0.6 is 0 Å². The lowest BCUT2D eigenvalue weighted by Gasteiger charge is -2.30. The first kappa shape index (κ1) is 29.8. The van der Waals surface area contributed by atoms with Crippen LogP contribution in [0.2, 0.25) is 0 Å². The Balaban J connectivity index is 1.21. The zero-order valence-electron chi connectivity index (χ0n) is 35.2. The molecule has 1 nitrogen and oxygen atoms in total. The summed E-state index contributed by atoms with van der Waals surface area (Å²) in [7, 11) is 0. The van der Waals surface area contributed by atoms with Gasteiger partial charge in [-0.3, -0.25) is 0 Å². The van der Waals surface area contributed by atoms with Gasteiger partial charge in [-0.25, -0.2) is 0 Å². The average molecular weight is 730 g/mol. The van der Waals surface area contributed by atoms with E-state index in [1.54, 1.807) is 0 Å². The van der Waals surface area contributed by atoms with Crippen molar-refractivity contribution in [2.75, 3.05) is 4.90 Å². The van der Waals surface area contributed by atoms with E-state index in [2.05, 4.69) is 109 Å². The lowest BCUT2D eigenvalue weighted by molar-refractivity contribution is 1.28. The van der Waals surface area contributed by atoms with Gasteiger partial charge < -0.3 is 4.90 Å². The zero-order valence-corrected chi connectivity index (χ0v) is 31.2. The standard InChI is InChI=1S/C56H39N/c1-3-17-41(18-4-1)48-23-9-10-25-51(48)52-26-11-12-27-53(52)54-28-14-16-30-56(54)57(55-29-15-13-24-50(55)42-19-5-2-6-20-42)46-36-33-40(34-37-46)44-35-38-49-45(39-44)32-31-43-21-7-8-22-47(43)49/h1-39H/i33D,34D,36D,37D. The van der Waals surface area contributed by atoms with Crippen LogP contribution in [-0.2, 0) is 0 Å². The van der Waals surface area contributed by atoms with E-state index in [0.29, 0.717) is 5.56 Å². The van der Waals surface area contributed by atoms with E-state index in [0.717, 1.165) is 77.4 Å². The number of anilines is 3. The van der Waals surface area contributed by atoms with Gasteiger partial charge in [-0.1, -0.05) is 206 Å². The molecule has 10 rings (SSSR count). The molecule has 268 valence electrons. The fourth-order valence-electron chi connectivity index (χ4n) is 8.07. The number of para-hydroxylation sites is 2. The minimum Gasteiger partial charge on any atom is -0.309 e. The lowest BCUT2D eigenvalue weighted by atomic mass is 9.88. The third-order valence-corrected chi connectivity index (χ3v) is 10.8. The second-order valence-corrected chi connectivity index (χ2v) is 14.1. The first-order chi connectivity index (χ1) is 30.0. The fraction of sp³-hybridized carbons (Fsp3) is 0. The molecule has 0 heterocycles. The molecule has 0 bridgehead atoms. The van der Waals surface area contributed by atoms with Crippen molar-refractivity contribution in [1.82, 2.24) is 0 Å². The molecule has 0 saturated carbocycles. The fourth-order valence-corrected chi connectivity index (χ4v) is 8.07. The minimum atomic E-state index is -0.130. The molecular formula is C56H39N. The first-order valence-corrected chi connectivity index (χ1v) is 19.3. The van der Waals surface area contributed by atoms with Crippen molar-refractivity contribution in [3.8, 4) is 55.6 Å². The van der Waals surface area contributed by atoms with Crippen LogP contribution in [0.4, 0.5) is 17.1 Å². The summed E-state index contributed by atoms with van der Waals surface area (Å²) in [6, 6.07) is 71.2. The third-order valence-electron chi connectivity index (χ3n) is 10.8. The maximum Gasteiger partial charge on any atom is 0.0645 e. The Morgan fingerprint density at radius 1 is 0.281 bits per heavy atom. The maximum atomic E-state index is 9.84. The molecule has 57 heavy (non-hydrogen) atoms. The zero-order chi connectivity index (χ0) is 41.5. The van der Waals surface area contributed by atoms with Crippen molar-refractivity contribution in [1.29, 1.82) is 0 Å². The predicted octanol–water partition coefficient (Wildman–Crippen LogP) is 15.8. The number of rotatable bonds is 8. The van der Waals surface area contributed by atoms with E-state index in [1.807, 2.05) is 108 Å². The molecule has 0 aliphatic rings. The summed E-state index contributed by atoms with van der Waals surface area (Å²) >= 11 is 0. The van der Waals surface area contributed by atoms with Gasteiger partial charge in [-0.05, 0) is 96.3 Å². The summed E-state index contributed by atoms with van der Waals surface area (Å²) in [5, 5.41) is 4.30. The van der Waals surface area contributed by atoms with Gasteiger partial charge in [0.05, 0.1) is 16.9 Å². The molecule has 0 saturated heterocycles. The second kappa shape index (κ2) is 15.0. The van der Waals surface area contributed by atoms with E-state index in [4.69, 9.17) is 0 Å². The van der Waals surface area contributed by atoms with E-state index in [-0.39, 0.29) is 35.4 Å². The van der Waals surface area contributed by atoms with E-state index in [9.17, 15) is 5.48 Å². The van der Waals surface area contributed by atoms with Crippen molar-refractivity contribution < 1.29 is 5.48 Å². The topological polar surface area (TPSA) is 3.24 Å². The Morgan fingerprint density at radius 3 is 1.42 bits per heavy atom. The average Bonchev–Trinajstić information content (AvgIpc) is 3.33.